The third kappa shape index (κ3) is 6.78. The van der Waals surface area contributed by atoms with Gasteiger partial charge in [0.15, 0.2) is 0 Å². The Balaban J connectivity index is 1.46. The number of amides is 1. The van der Waals surface area contributed by atoms with Crippen LogP contribution in [0.3, 0.4) is 0 Å². The van der Waals surface area contributed by atoms with Crippen molar-refractivity contribution in [1.82, 2.24) is 4.90 Å². The molecule has 0 spiro atoms. The zero-order valence-corrected chi connectivity index (χ0v) is 19.7. The van der Waals surface area contributed by atoms with Gasteiger partial charge in [-0.2, -0.15) is 0 Å². The molecule has 0 aliphatic carbocycles. The smallest absolute Gasteiger partial charge is 0.348 e. The fourth-order valence-corrected chi connectivity index (χ4v) is 5.00. The van der Waals surface area contributed by atoms with Crippen molar-refractivity contribution < 1.29 is 19.4 Å². The highest BCUT2D eigenvalue weighted by Crippen LogP contribution is 2.23. The third-order valence-electron chi connectivity index (χ3n) is 6.09. The summed E-state index contributed by atoms with van der Waals surface area (Å²) in [6.07, 6.45) is 8.24. The molecule has 1 aliphatic heterocycles. The van der Waals surface area contributed by atoms with Crippen LogP contribution >= 0.6 is 11.3 Å². The summed E-state index contributed by atoms with van der Waals surface area (Å²) in [4.78, 5) is 27.6. The van der Waals surface area contributed by atoms with Gasteiger partial charge < -0.3 is 14.7 Å². The summed E-state index contributed by atoms with van der Waals surface area (Å²) in [5.74, 6) is 0.0188. The Morgan fingerprint density at radius 2 is 2.03 bits per heavy atom. The summed E-state index contributed by atoms with van der Waals surface area (Å²) in [5.41, 5.74) is 1.28. The Labute approximate surface area is 194 Å². The van der Waals surface area contributed by atoms with Crippen LogP contribution in [-0.4, -0.2) is 47.7 Å². The number of aryl methyl sites for hydroxylation is 2. The second-order valence-electron chi connectivity index (χ2n) is 8.43. The quantitative estimate of drug-likeness (QED) is 0.396. The van der Waals surface area contributed by atoms with E-state index >= 15 is 0 Å². The van der Waals surface area contributed by atoms with Gasteiger partial charge in [-0.1, -0.05) is 49.4 Å². The minimum absolute atomic E-state index is 0.0486. The van der Waals surface area contributed by atoms with Gasteiger partial charge >= 0.3 is 5.97 Å². The fraction of sp³-hybridized carbons (Fsp3) is 0.462. The molecular formula is C26H33NO4S. The molecule has 1 aliphatic rings. The topological polar surface area (TPSA) is 66.8 Å². The lowest BCUT2D eigenvalue weighted by Crippen LogP contribution is -2.33. The number of nitrogens with zero attached hydrogens (tertiary/aromatic N) is 1. The van der Waals surface area contributed by atoms with Crippen LogP contribution in [0.15, 0.2) is 54.6 Å². The van der Waals surface area contributed by atoms with Crippen molar-refractivity contribution >= 4 is 23.2 Å². The van der Waals surface area contributed by atoms with E-state index in [2.05, 4.69) is 19.1 Å². The molecule has 172 valence electrons. The highest BCUT2D eigenvalue weighted by molar-refractivity contribution is 7.13. The van der Waals surface area contributed by atoms with Gasteiger partial charge in [0.05, 0.1) is 19.3 Å². The molecule has 2 heterocycles. The molecule has 1 saturated heterocycles. The number of aliphatic hydroxyl groups excluding tert-OH is 1. The average Bonchev–Trinajstić information content (AvgIpc) is 3.43. The summed E-state index contributed by atoms with van der Waals surface area (Å²) in [5, 5.41) is 10.6. The van der Waals surface area contributed by atoms with Crippen molar-refractivity contribution in [1.29, 1.82) is 0 Å². The van der Waals surface area contributed by atoms with E-state index in [1.54, 1.807) is 6.07 Å². The number of rotatable bonds is 11. The van der Waals surface area contributed by atoms with Gasteiger partial charge in [0.2, 0.25) is 5.91 Å². The molecular weight excluding hydrogens is 422 g/mol. The molecule has 2 aromatic rings. The van der Waals surface area contributed by atoms with Crippen molar-refractivity contribution in [3.63, 3.8) is 0 Å². The molecule has 1 amide bonds. The summed E-state index contributed by atoms with van der Waals surface area (Å²) in [6.45, 7) is 2.75. The van der Waals surface area contributed by atoms with Gasteiger partial charge in [0.25, 0.3) is 0 Å². The Morgan fingerprint density at radius 1 is 1.25 bits per heavy atom. The van der Waals surface area contributed by atoms with Crippen molar-refractivity contribution in [3.8, 4) is 0 Å². The normalized spacial score (nSPS) is 18.3. The first-order valence-corrected chi connectivity index (χ1v) is 12.2. The van der Waals surface area contributed by atoms with E-state index in [1.807, 2.05) is 41.3 Å². The highest BCUT2D eigenvalue weighted by Gasteiger charge is 2.28. The van der Waals surface area contributed by atoms with Crippen LogP contribution in [0, 0.1) is 5.92 Å². The maximum absolute atomic E-state index is 12.4. The van der Waals surface area contributed by atoms with E-state index in [9.17, 15) is 14.7 Å². The summed E-state index contributed by atoms with van der Waals surface area (Å²) < 4.78 is 4.75. The number of likely N-dealkylation sites (tertiary alicyclic amines) is 1. The number of thiophene rings is 1. The van der Waals surface area contributed by atoms with Gasteiger partial charge in [-0.3, -0.25) is 4.79 Å². The third-order valence-corrected chi connectivity index (χ3v) is 7.21. The van der Waals surface area contributed by atoms with Crippen LogP contribution < -0.4 is 0 Å². The van der Waals surface area contributed by atoms with Gasteiger partial charge in [-0.05, 0) is 55.7 Å². The summed E-state index contributed by atoms with van der Waals surface area (Å²) in [7, 11) is 1.38. The molecule has 1 fully saturated rings. The molecule has 0 saturated carbocycles. The lowest BCUT2D eigenvalue weighted by Gasteiger charge is -2.23. The number of benzene rings is 1. The average molecular weight is 456 g/mol. The Morgan fingerprint density at radius 3 is 2.78 bits per heavy atom. The molecule has 6 heteroatoms. The number of hydrogen-bond donors (Lipinski definition) is 1. The van der Waals surface area contributed by atoms with Crippen molar-refractivity contribution in [2.75, 3.05) is 13.7 Å². The molecule has 3 rings (SSSR count). The predicted octanol–water partition coefficient (Wildman–Crippen LogP) is 4.64. The first-order valence-electron chi connectivity index (χ1n) is 11.3. The van der Waals surface area contributed by atoms with E-state index in [4.69, 9.17) is 4.74 Å². The van der Waals surface area contributed by atoms with E-state index in [0.717, 1.165) is 37.0 Å². The first kappa shape index (κ1) is 24.2. The monoisotopic (exact) mass is 455 g/mol. The first-order chi connectivity index (χ1) is 15.5. The number of ether oxygens (including phenoxy) is 1. The molecule has 1 N–H and O–H groups in total. The maximum atomic E-state index is 12.4. The predicted molar refractivity (Wildman–Crippen MR) is 128 cm³/mol. The number of carbonyl (C=O) groups is 2. The fourth-order valence-electron chi connectivity index (χ4n) is 4.03. The van der Waals surface area contributed by atoms with Crippen LogP contribution in [0.2, 0.25) is 0 Å². The van der Waals surface area contributed by atoms with E-state index < -0.39 is 6.10 Å². The second kappa shape index (κ2) is 12.0. The number of aliphatic hydroxyl groups is 1. The molecule has 1 aromatic heterocycles. The zero-order valence-electron chi connectivity index (χ0n) is 18.9. The zero-order chi connectivity index (χ0) is 22.9. The number of methoxy groups -OCH3 is 1. The lowest BCUT2D eigenvalue weighted by molar-refractivity contribution is -0.128. The molecule has 32 heavy (non-hydrogen) atoms. The van der Waals surface area contributed by atoms with Gasteiger partial charge in [-0.15, -0.1) is 11.3 Å². The number of carbonyl (C=O) groups excluding carboxylic acids is 2. The maximum Gasteiger partial charge on any atom is 0.348 e. The molecule has 0 bridgehead atoms. The number of esters is 1. The van der Waals surface area contributed by atoms with Crippen molar-refractivity contribution in [2.24, 2.45) is 5.92 Å². The van der Waals surface area contributed by atoms with E-state index in [1.165, 1.54) is 24.0 Å². The van der Waals surface area contributed by atoms with Gasteiger partial charge in [-0.25, -0.2) is 4.79 Å². The van der Waals surface area contributed by atoms with Gasteiger partial charge in [0, 0.05) is 17.8 Å². The molecule has 5 nitrogen and oxygen atoms in total. The van der Waals surface area contributed by atoms with E-state index in [-0.39, 0.29) is 23.8 Å². The molecule has 0 radical (unpaired) electrons. The summed E-state index contributed by atoms with van der Waals surface area (Å²) in [6, 6.07) is 14.1. The van der Waals surface area contributed by atoms with E-state index in [0.29, 0.717) is 17.8 Å². The van der Waals surface area contributed by atoms with Crippen molar-refractivity contribution in [3.05, 3.63) is 69.9 Å². The molecule has 3 atom stereocenters. The second-order valence-corrected chi connectivity index (χ2v) is 9.60. The molecule has 0 unspecified atom stereocenters. The van der Waals surface area contributed by atoms with Crippen LogP contribution in [0.25, 0.3) is 0 Å². The Bertz CT molecular complexity index is 908. The minimum Gasteiger partial charge on any atom is -0.465 e. The van der Waals surface area contributed by atoms with Crippen molar-refractivity contribution in [2.45, 2.75) is 57.6 Å². The Hall–Kier alpha value is -2.44. The Kier molecular flexibility index (Phi) is 9.06. The minimum atomic E-state index is -0.515. The van der Waals surface area contributed by atoms with Crippen LogP contribution in [0.4, 0.5) is 0 Å². The number of hydrogen-bond acceptors (Lipinski definition) is 5. The largest absolute Gasteiger partial charge is 0.465 e. The molecule has 1 aromatic carbocycles. The van der Waals surface area contributed by atoms with Crippen LogP contribution in [-0.2, 0) is 22.4 Å². The van der Waals surface area contributed by atoms with Crippen LogP contribution in [0.5, 0.6) is 0 Å². The van der Waals surface area contributed by atoms with Crippen LogP contribution in [0.1, 0.15) is 52.7 Å². The van der Waals surface area contributed by atoms with Gasteiger partial charge in [0.1, 0.15) is 4.88 Å². The SMILES string of the molecule is COC(=O)c1ccc(CCCN2C(=O)CC[C@@H]2C=C[C@@H](O)[C@@H](C)CCc2ccccc2)s1. The lowest BCUT2D eigenvalue weighted by atomic mass is 9.95. The summed E-state index contributed by atoms with van der Waals surface area (Å²) >= 11 is 1.44. The standard InChI is InChI=1S/C26H33NO4S/c1-19(10-11-20-7-4-3-5-8-20)23(28)15-12-21-13-17-25(29)27(21)18-6-9-22-14-16-24(32-22)26(30)31-2/h3-5,7-8,12,14-16,19,21,23,28H,6,9-11,13,17-18H2,1-2H3/t19-,21-,23+/m0/s1. The highest BCUT2D eigenvalue weighted by atomic mass is 32.1.